The summed E-state index contributed by atoms with van der Waals surface area (Å²) in [7, 11) is 3.90. The number of likely N-dealkylation sites (N-methyl/N-ethyl adjacent to an activating group) is 1. The third kappa shape index (κ3) is 2.74. The molecule has 4 nitrogen and oxygen atoms in total. The summed E-state index contributed by atoms with van der Waals surface area (Å²) in [6, 6.07) is 4.64. The van der Waals surface area contributed by atoms with Crippen LogP contribution in [0.15, 0.2) is 12.1 Å². The fourth-order valence-electron chi connectivity index (χ4n) is 3.70. The second-order valence-electron chi connectivity index (χ2n) is 6.42. The van der Waals surface area contributed by atoms with E-state index in [-0.39, 0.29) is 18.2 Å². The summed E-state index contributed by atoms with van der Waals surface area (Å²) in [5.74, 6) is 1.95. The number of methoxy groups -OCH3 is 1. The van der Waals surface area contributed by atoms with Gasteiger partial charge >= 0.3 is 0 Å². The SMILES string of the molecule is COc1cc2c(cc1C1C(N)CCCCN1C)OC(C)C2. The van der Waals surface area contributed by atoms with Gasteiger partial charge < -0.3 is 15.2 Å². The van der Waals surface area contributed by atoms with E-state index in [2.05, 4.69) is 31.0 Å². The maximum Gasteiger partial charge on any atom is 0.124 e. The lowest BCUT2D eigenvalue weighted by molar-refractivity contribution is 0.222. The van der Waals surface area contributed by atoms with Gasteiger partial charge in [-0.2, -0.15) is 0 Å². The number of likely N-dealkylation sites (tertiary alicyclic amines) is 1. The van der Waals surface area contributed by atoms with E-state index in [1.54, 1.807) is 7.11 Å². The normalized spacial score (nSPS) is 29.6. The summed E-state index contributed by atoms with van der Waals surface area (Å²) < 4.78 is 11.6. The van der Waals surface area contributed by atoms with Gasteiger partial charge in [0.15, 0.2) is 0 Å². The molecule has 21 heavy (non-hydrogen) atoms. The molecule has 1 saturated heterocycles. The summed E-state index contributed by atoms with van der Waals surface area (Å²) in [6.45, 7) is 3.19. The van der Waals surface area contributed by atoms with Crippen LogP contribution in [-0.2, 0) is 6.42 Å². The van der Waals surface area contributed by atoms with E-state index in [1.807, 2.05) is 0 Å². The zero-order valence-electron chi connectivity index (χ0n) is 13.3. The Morgan fingerprint density at radius 3 is 2.90 bits per heavy atom. The van der Waals surface area contributed by atoms with Crippen LogP contribution in [0.3, 0.4) is 0 Å². The molecule has 3 atom stereocenters. The monoisotopic (exact) mass is 290 g/mol. The van der Waals surface area contributed by atoms with E-state index < -0.39 is 0 Å². The molecule has 0 bridgehead atoms. The van der Waals surface area contributed by atoms with Gasteiger partial charge in [-0.3, -0.25) is 4.90 Å². The number of nitrogens with zero attached hydrogens (tertiary/aromatic N) is 1. The topological polar surface area (TPSA) is 47.7 Å². The highest BCUT2D eigenvalue weighted by atomic mass is 16.5. The predicted molar refractivity (Wildman–Crippen MR) is 84.0 cm³/mol. The van der Waals surface area contributed by atoms with Crippen LogP contribution in [-0.4, -0.2) is 37.7 Å². The first-order chi connectivity index (χ1) is 10.1. The summed E-state index contributed by atoms with van der Waals surface area (Å²) in [5.41, 5.74) is 8.87. The van der Waals surface area contributed by atoms with Gasteiger partial charge in [-0.05, 0) is 45.5 Å². The zero-order valence-corrected chi connectivity index (χ0v) is 13.3. The fraction of sp³-hybridized carbons (Fsp3) is 0.647. The van der Waals surface area contributed by atoms with Crippen molar-refractivity contribution in [2.45, 2.75) is 50.8 Å². The minimum atomic E-state index is 0.142. The molecule has 2 heterocycles. The number of hydrogen-bond acceptors (Lipinski definition) is 4. The molecule has 0 spiro atoms. The van der Waals surface area contributed by atoms with Gasteiger partial charge in [0.2, 0.25) is 0 Å². The molecule has 0 saturated carbocycles. The van der Waals surface area contributed by atoms with Crippen LogP contribution >= 0.6 is 0 Å². The Bertz CT molecular complexity index is 506. The van der Waals surface area contributed by atoms with Crippen molar-refractivity contribution in [3.8, 4) is 11.5 Å². The van der Waals surface area contributed by atoms with Gasteiger partial charge in [0, 0.05) is 23.6 Å². The first-order valence-corrected chi connectivity index (χ1v) is 7.93. The standard InChI is InChI=1S/C17H26N2O2/c1-11-8-12-9-16(20-3)13(10-15(12)21-11)17-14(18)6-4-5-7-19(17)2/h9-11,14,17H,4-8,18H2,1-3H3. The Morgan fingerprint density at radius 1 is 1.33 bits per heavy atom. The predicted octanol–water partition coefficient (Wildman–Crippen LogP) is 2.50. The Kier molecular flexibility index (Phi) is 4.09. The van der Waals surface area contributed by atoms with Gasteiger partial charge in [-0.15, -0.1) is 0 Å². The number of nitrogens with two attached hydrogens (primary N) is 1. The lowest BCUT2D eigenvalue weighted by atomic mass is 9.94. The van der Waals surface area contributed by atoms with Crippen molar-refractivity contribution in [1.82, 2.24) is 4.90 Å². The third-order valence-electron chi connectivity index (χ3n) is 4.75. The molecule has 1 aromatic carbocycles. The lowest BCUT2D eigenvalue weighted by Crippen LogP contribution is -2.37. The van der Waals surface area contributed by atoms with Gasteiger partial charge in [0.25, 0.3) is 0 Å². The van der Waals surface area contributed by atoms with Crippen molar-refractivity contribution in [1.29, 1.82) is 0 Å². The molecule has 4 heteroatoms. The van der Waals surface area contributed by atoms with Crippen molar-refractivity contribution in [3.63, 3.8) is 0 Å². The average Bonchev–Trinajstić information content (AvgIpc) is 2.73. The minimum absolute atomic E-state index is 0.142. The lowest BCUT2D eigenvalue weighted by Gasteiger charge is -2.31. The molecule has 0 radical (unpaired) electrons. The number of rotatable bonds is 2. The summed E-state index contributed by atoms with van der Waals surface area (Å²) >= 11 is 0. The highest BCUT2D eigenvalue weighted by molar-refractivity contribution is 5.50. The van der Waals surface area contributed by atoms with Gasteiger partial charge in [-0.1, -0.05) is 6.42 Å². The molecule has 0 aliphatic carbocycles. The molecule has 2 aliphatic rings. The number of benzene rings is 1. The van der Waals surface area contributed by atoms with Crippen LogP contribution in [0.25, 0.3) is 0 Å². The molecular weight excluding hydrogens is 264 g/mol. The van der Waals surface area contributed by atoms with Crippen LogP contribution < -0.4 is 15.2 Å². The minimum Gasteiger partial charge on any atom is -0.496 e. The third-order valence-corrected chi connectivity index (χ3v) is 4.75. The van der Waals surface area contributed by atoms with E-state index in [0.717, 1.165) is 30.9 Å². The van der Waals surface area contributed by atoms with Crippen LogP contribution in [0.2, 0.25) is 0 Å². The van der Waals surface area contributed by atoms with E-state index in [0.29, 0.717) is 0 Å². The van der Waals surface area contributed by atoms with Gasteiger partial charge in [-0.25, -0.2) is 0 Å². The summed E-state index contributed by atoms with van der Waals surface area (Å²) in [4.78, 5) is 2.36. The number of fused-ring (bicyclic) bond motifs is 1. The molecule has 0 aromatic heterocycles. The number of hydrogen-bond donors (Lipinski definition) is 1. The fourth-order valence-corrected chi connectivity index (χ4v) is 3.70. The summed E-state index contributed by atoms with van der Waals surface area (Å²) in [6.07, 6.45) is 4.68. The van der Waals surface area contributed by atoms with Crippen LogP contribution in [0.5, 0.6) is 11.5 Å². The Hall–Kier alpha value is -1.26. The van der Waals surface area contributed by atoms with E-state index >= 15 is 0 Å². The van der Waals surface area contributed by atoms with Gasteiger partial charge in [0.1, 0.15) is 17.6 Å². The summed E-state index contributed by atoms with van der Waals surface area (Å²) in [5, 5.41) is 0. The number of ether oxygens (including phenoxy) is 2. The molecule has 2 N–H and O–H groups in total. The van der Waals surface area contributed by atoms with E-state index in [9.17, 15) is 0 Å². The van der Waals surface area contributed by atoms with Crippen molar-refractivity contribution >= 4 is 0 Å². The first-order valence-electron chi connectivity index (χ1n) is 7.93. The maximum atomic E-state index is 6.46. The largest absolute Gasteiger partial charge is 0.496 e. The zero-order chi connectivity index (χ0) is 15.0. The van der Waals surface area contributed by atoms with E-state index in [4.69, 9.17) is 15.2 Å². The maximum absolute atomic E-state index is 6.46. The van der Waals surface area contributed by atoms with Crippen LogP contribution in [0.1, 0.15) is 43.4 Å². The molecule has 3 unspecified atom stereocenters. The second kappa shape index (κ2) is 5.85. The average molecular weight is 290 g/mol. The van der Waals surface area contributed by atoms with Crippen molar-refractivity contribution in [2.24, 2.45) is 5.73 Å². The highest BCUT2D eigenvalue weighted by Crippen LogP contribution is 2.40. The Labute approximate surface area is 127 Å². The molecule has 1 fully saturated rings. The van der Waals surface area contributed by atoms with Crippen molar-refractivity contribution in [2.75, 3.05) is 20.7 Å². The molecule has 2 aliphatic heterocycles. The van der Waals surface area contributed by atoms with Crippen molar-refractivity contribution < 1.29 is 9.47 Å². The van der Waals surface area contributed by atoms with Crippen LogP contribution in [0, 0.1) is 0 Å². The molecule has 1 aromatic rings. The molecule has 0 amide bonds. The van der Waals surface area contributed by atoms with Crippen molar-refractivity contribution in [3.05, 3.63) is 23.3 Å². The molecular formula is C17H26N2O2. The molecule has 3 rings (SSSR count). The quantitative estimate of drug-likeness (QED) is 0.909. The smallest absolute Gasteiger partial charge is 0.124 e. The van der Waals surface area contributed by atoms with Gasteiger partial charge in [0.05, 0.1) is 13.2 Å². The van der Waals surface area contributed by atoms with E-state index in [1.165, 1.54) is 24.0 Å². The second-order valence-corrected chi connectivity index (χ2v) is 6.42. The Balaban J connectivity index is 2.02. The Morgan fingerprint density at radius 2 is 2.14 bits per heavy atom. The van der Waals surface area contributed by atoms with Crippen LogP contribution in [0.4, 0.5) is 0 Å². The molecule has 116 valence electrons. The first kappa shape index (κ1) is 14.7. The highest BCUT2D eigenvalue weighted by Gasteiger charge is 2.31.